The number of rotatable bonds is 2. The van der Waals surface area contributed by atoms with Gasteiger partial charge >= 0.3 is 0 Å². The van der Waals surface area contributed by atoms with Crippen molar-refractivity contribution in [3.05, 3.63) is 44.3 Å². The van der Waals surface area contributed by atoms with E-state index < -0.39 is 5.56 Å². The molecule has 0 aliphatic heterocycles. The van der Waals surface area contributed by atoms with Gasteiger partial charge in [0.25, 0.3) is 5.56 Å². The Morgan fingerprint density at radius 1 is 1.16 bits per heavy atom. The highest BCUT2D eigenvalue weighted by Gasteiger charge is 2.09. The van der Waals surface area contributed by atoms with Crippen LogP contribution in [-0.2, 0) is 6.42 Å². The van der Waals surface area contributed by atoms with E-state index in [1.165, 1.54) is 0 Å². The van der Waals surface area contributed by atoms with Gasteiger partial charge in [0.2, 0.25) is 5.43 Å². The molecule has 0 radical (unpaired) electrons. The topological polar surface area (TPSA) is 91.5 Å². The predicted octanol–water partition coefficient (Wildman–Crippen LogP) is 1.11. The molecular formula is C13H12N4O2. The highest BCUT2D eigenvalue weighted by molar-refractivity contribution is 5.86. The van der Waals surface area contributed by atoms with Gasteiger partial charge in [0.15, 0.2) is 11.0 Å². The van der Waals surface area contributed by atoms with Crippen LogP contribution in [0.2, 0.25) is 0 Å². The number of nitrogens with one attached hydrogen (secondary N) is 2. The van der Waals surface area contributed by atoms with Gasteiger partial charge in [0, 0.05) is 5.39 Å². The number of benzene rings is 1. The molecule has 1 aromatic carbocycles. The van der Waals surface area contributed by atoms with Gasteiger partial charge in [-0.25, -0.2) is 0 Å². The van der Waals surface area contributed by atoms with E-state index in [0.717, 1.165) is 18.4 Å². The maximum absolute atomic E-state index is 12.3. The molecule has 96 valence electrons. The van der Waals surface area contributed by atoms with Crippen LogP contribution in [0.25, 0.3) is 21.9 Å². The van der Waals surface area contributed by atoms with Crippen molar-refractivity contribution in [2.45, 2.75) is 19.8 Å². The van der Waals surface area contributed by atoms with Crippen LogP contribution in [0.3, 0.4) is 0 Å². The van der Waals surface area contributed by atoms with Crippen molar-refractivity contribution in [1.29, 1.82) is 0 Å². The molecule has 2 heterocycles. The molecule has 3 aromatic rings. The fourth-order valence-corrected chi connectivity index (χ4v) is 2.19. The van der Waals surface area contributed by atoms with Gasteiger partial charge in [0.05, 0.1) is 5.52 Å². The zero-order chi connectivity index (χ0) is 13.4. The molecule has 2 aromatic heterocycles. The Bertz CT molecular complexity index is 879. The molecule has 0 spiro atoms. The Morgan fingerprint density at radius 3 is 2.74 bits per heavy atom. The lowest BCUT2D eigenvalue weighted by atomic mass is 10.1. The summed E-state index contributed by atoms with van der Waals surface area (Å²) in [4.78, 5) is 27.0. The van der Waals surface area contributed by atoms with Crippen LogP contribution in [0.1, 0.15) is 18.9 Å². The van der Waals surface area contributed by atoms with E-state index in [-0.39, 0.29) is 16.5 Å². The van der Waals surface area contributed by atoms with E-state index in [9.17, 15) is 9.59 Å². The summed E-state index contributed by atoms with van der Waals surface area (Å²) in [7, 11) is 0. The Balaban J connectivity index is 2.49. The first-order chi connectivity index (χ1) is 9.20. The van der Waals surface area contributed by atoms with Crippen LogP contribution in [0, 0.1) is 0 Å². The molecule has 0 fully saturated rings. The average Bonchev–Trinajstić information content (AvgIpc) is 2.84. The quantitative estimate of drug-likeness (QED) is 0.718. The summed E-state index contributed by atoms with van der Waals surface area (Å²) in [5, 5.41) is 10.2. The number of hydrogen-bond donors (Lipinski definition) is 2. The van der Waals surface area contributed by atoms with E-state index in [0.29, 0.717) is 10.9 Å². The van der Waals surface area contributed by atoms with Crippen molar-refractivity contribution >= 4 is 21.9 Å². The van der Waals surface area contributed by atoms with Crippen molar-refractivity contribution in [2.24, 2.45) is 0 Å². The second-order valence-corrected chi connectivity index (χ2v) is 4.43. The van der Waals surface area contributed by atoms with Crippen molar-refractivity contribution in [2.75, 3.05) is 0 Å². The van der Waals surface area contributed by atoms with Gasteiger partial charge in [0.1, 0.15) is 0 Å². The summed E-state index contributed by atoms with van der Waals surface area (Å²) < 4.78 is 0. The maximum Gasteiger partial charge on any atom is 0.278 e. The molecule has 0 amide bonds. The molecule has 3 rings (SSSR count). The molecule has 0 saturated carbocycles. The van der Waals surface area contributed by atoms with Crippen LogP contribution in [0.4, 0.5) is 0 Å². The number of aryl methyl sites for hydroxylation is 1. The predicted molar refractivity (Wildman–Crippen MR) is 72.3 cm³/mol. The Morgan fingerprint density at radius 2 is 1.95 bits per heavy atom. The number of aromatic amines is 2. The van der Waals surface area contributed by atoms with E-state index in [1.54, 1.807) is 6.07 Å². The summed E-state index contributed by atoms with van der Waals surface area (Å²) in [5.41, 5.74) is 1.02. The monoisotopic (exact) mass is 256 g/mol. The lowest BCUT2D eigenvalue weighted by molar-refractivity contribution is 0.923. The zero-order valence-electron chi connectivity index (χ0n) is 10.4. The molecule has 6 heteroatoms. The summed E-state index contributed by atoms with van der Waals surface area (Å²) in [6, 6.07) is 5.47. The number of H-pyrrole nitrogens is 2. The van der Waals surface area contributed by atoms with Gasteiger partial charge in [-0.15, -0.1) is 0 Å². The molecule has 19 heavy (non-hydrogen) atoms. The van der Waals surface area contributed by atoms with Crippen LogP contribution in [-0.4, -0.2) is 20.4 Å². The van der Waals surface area contributed by atoms with Gasteiger partial charge in [-0.05, 0) is 24.1 Å². The number of hydrogen-bond acceptors (Lipinski definition) is 4. The number of aromatic nitrogens is 4. The number of nitrogens with zero attached hydrogens (tertiary/aromatic N) is 2. The van der Waals surface area contributed by atoms with E-state index >= 15 is 0 Å². The Labute approximate surface area is 107 Å². The van der Waals surface area contributed by atoms with E-state index in [4.69, 9.17) is 0 Å². The Kier molecular flexibility index (Phi) is 2.63. The molecule has 0 unspecified atom stereocenters. The third-order valence-electron chi connectivity index (χ3n) is 3.09. The lowest BCUT2D eigenvalue weighted by Gasteiger charge is -1.98. The van der Waals surface area contributed by atoms with Crippen molar-refractivity contribution in [3.63, 3.8) is 0 Å². The average molecular weight is 256 g/mol. The van der Waals surface area contributed by atoms with Crippen LogP contribution < -0.4 is 11.0 Å². The molecule has 0 atom stereocenters. The summed E-state index contributed by atoms with van der Waals surface area (Å²) in [6.45, 7) is 2.08. The van der Waals surface area contributed by atoms with Gasteiger partial charge in [-0.2, -0.15) is 15.4 Å². The fourth-order valence-electron chi connectivity index (χ4n) is 2.19. The van der Waals surface area contributed by atoms with E-state index in [1.807, 2.05) is 12.1 Å². The first-order valence-corrected chi connectivity index (χ1v) is 6.10. The minimum Gasteiger partial charge on any atom is -0.320 e. The van der Waals surface area contributed by atoms with Gasteiger partial charge in [-0.3, -0.25) is 9.59 Å². The minimum absolute atomic E-state index is 0.0400. The summed E-state index contributed by atoms with van der Waals surface area (Å²) >= 11 is 0. The lowest BCUT2D eigenvalue weighted by Crippen LogP contribution is -2.02. The second-order valence-electron chi connectivity index (χ2n) is 4.43. The van der Waals surface area contributed by atoms with Crippen molar-refractivity contribution in [1.82, 2.24) is 20.4 Å². The SMILES string of the molecule is CCCc1ccc2c(=O)c3n[nH]nc3c(=O)[nH]c2c1. The third kappa shape index (κ3) is 1.81. The molecule has 0 bridgehead atoms. The maximum atomic E-state index is 12.3. The largest absolute Gasteiger partial charge is 0.320 e. The fraction of sp³-hybridized carbons (Fsp3) is 0.231. The van der Waals surface area contributed by atoms with E-state index in [2.05, 4.69) is 27.3 Å². The van der Waals surface area contributed by atoms with Crippen LogP contribution in [0.5, 0.6) is 0 Å². The van der Waals surface area contributed by atoms with Crippen molar-refractivity contribution in [3.8, 4) is 0 Å². The highest BCUT2D eigenvalue weighted by atomic mass is 16.1. The molecule has 0 saturated heterocycles. The molecule has 6 nitrogen and oxygen atoms in total. The zero-order valence-corrected chi connectivity index (χ0v) is 10.4. The second kappa shape index (κ2) is 4.31. The smallest absolute Gasteiger partial charge is 0.278 e. The molecule has 2 N–H and O–H groups in total. The van der Waals surface area contributed by atoms with Crippen LogP contribution >= 0.6 is 0 Å². The normalized spacial score (nSPS) is 11.2. The highest BCUT2D eigenvalue weighted by Crippen LogP contribution is 2.12. The first kappa shape index (κ1) is 11.6. The summed E-state index contributed by atoms with van der Waals surface area (Å²) in [5.74, 6) is 0. The summed E-state index contributed by atoms with van der Waals surface area (Å²) in [6.07, 6.45) is 1.91. The van der Waals surface area contributed by atoms with Crippen LogP contribution in [0.15, 0.2) is 27.8 Å². The van der Waals surface area contributed by atoms with Crippen molar-refractivity contribution < 1.29 is 0 Å². The first-order valence-electron chi connectivity index (χ1n) is 6.10. The molecular weight excluding hydrogens is 244 g/mol. The number of fused-ring (bicyclic) bond motifs is 2. The minimum atomic E-state index is -0.413. The Hall–Kier alpha value is -2.50. The standard InChI is InChI=1S/C13H12N4O2/c1-2-3-7-4-5-8-9(6-7)14-13(19)11-10(12(8)18)15-17-16-11/h4-6H,2-3H2,1H3,(H,14,19)(H,15,16,17). The molecule has 0 aliphatic carbocycles. The van der Waals surface area contributed by atoms with Gasteiger partial charge < -0.3 is 4.98 Å². The third-order valence-corrected chi connectivity index (χ3v) is 3.09. The van der Waals surface area contributed by atoms with Gasteiger partial charge in [-0.1, -0.05) is 19.4 Å². The molecule has 0 aliphatic rings.